The van der Waals surface area contributed by atoms with E-state index in [2.05, 4.69) is 0 Å². The summed E-state index contributed by atoms with van der Waals surface area (Å²) in [5.74, 6) is -0.166. The largest absolute Gasteiger partial charge is 0.243 e. The van der Waals surface area contributed by atoms with Crippen LogP contribution in [-0.2, 0) is 15.9 Å². The van der Waals surface area contributed by atoms with Crippen LogP contribution in [0.25, 0.3) is 0 Å². The normalized spacial score (nSPS) is 21.4. The van der Waals surface area contributed by atoms with Gasteiger partial charge in [-0.2, -0.15) is 4.31 Å². The van der Waals surface area contributed by atoms with Crippen LogP contribution in [0.15, 0.2) is 23.1 Å². The van der Waals surface area contributed by atoms with Crippen LogP contribution in [0, 0.1) is 11.7 Å². The Bertz CT molecular complexity index is 547. The van der Waals surface area contributed by atoms with E-state index in [4.69, 9.17) is 11.6 Å². The van der Waals surface area contributed by atoms with Crippen molar-refractivity contribution < 1.29 is 12.8 Å². The van der Waals surface area contributed by atoms with Gasteiger partial charge in [0.2, 0.25) is 10.0 Å². The maximum Gasteiger partial charge on any atom is 0.243 e. The Balaban J connectivity index is 2.43. The molecule has 0 bridgehead atoms. The fourth-order valence-corrected chi connectivity index (χ4v) is 4.25. The molecule has 1 unspecified atom stereocenters. The van der Waals surface area contributed by atoms with Gasteiger partial charge in [0.25, 0.3) is 0 Å². The lowest BCUT2D eigenvalue weighted by Gasteiger charge is -2.18. The summed E-state index contributed by atoms with van der Waals surface area (Å²) in [5.41, 5.74) is 0.442. The maximum absolute atomic E-state index is 13.3. The summed E-state index contributed by atoms with van der Waals surface area (Å²) >= 11 is 5.72. The molecule has 0 saturated carbocycles. The van der Waals surface area contributed by atoms with Crippen LogP contribution < -0.4 is 0 Å². The standard InChI is InChI=1S/C12H15ClFNO2S/c1-9-4-5-15(8-9)18(16,17)12-6-11(14)3-2-10(12)7-13/h2-3,6,9H,4-5,7-8H2,1H3. The maximum atomic E-state index is 13.3. The highest BCUT2D eigenvalue weighted by Crippen LogP contribution is 2.27. The van der Waals surface area contributed by atoms with Crippen LogP contribution >= 0.6 is 11.6 Å². The quantitative estimate of drug-likeness (QED) is 0.803. The topological polar surface area (TPSA) is 37.4 Å². The molecule has 18 heavy (non-hydrogen) atoms. The molecular formula is C12H15ClFNO2S. The van der Waals surface area contributed by atoms with E-state index in [9.17, 15) is 12.8 Å². The van der Waals surface area contributed by atoms with Crippen molar-refractivity contribution in [2.24, 2.45) is 5.92 Å². The molecule has 1 saturated heterocycles. The molecule has 0 amide bonds. The number of rotatable bonds is 3. The molecule has 0 spiro atoms. The Morgan fingerprint density at radius 2 is 2.22 bits per heavy atom. The minimum absolute atomic E-state index is 0.00778. The first-order chi connectivity index (χ1) is 8.45. The lowest BCUT2D eigenvalue weighted by atomic mass is 10.2. The summed E-state index contributed by atoms with van der Waals surface area (Å²) in [6, 6.07) is 3.70. The number of nitrogens with zero attached hydrogens (tertiary/aromatic N) is 1. The summed E-state index contributed by atoms with van der Waals surface area (Å²) in [6.45, 7) is 2.98. The summed E-state index contributed by atoms with van der Waals surface area (Å²) in [5, 5.41) is 0. The monoisotopic (exact) mass is 291 g/mol. The fourth-order valence-electron chi connectivity index (χ4n) is 2.13. The number of benzene rings is 1. The first kappa shape index (κ1) is 13.8. The van der Waals surface area contributed by atoms with Crippen molar-refractivity contribution in [3.05, 3.63) is 29.6 Å². The molecule has 1 heterocycles. The van der Waals surface area contributed by atoms with Gasteiger partial charge in [0, 0.05) is 19.0 Å². The lowest BCUT2D eigenvalue weighted by Crippen LogP contribution is -2.29. The van der Waals surface area contributed by atoms with Gasteiger partial charge in [-0.1, -0.05) is 13.0 Å². The minimum Gasteiger partial charge on any atom is -0.207 e. The summed E-state index contributed by atoms with van der Waals surface area (Å²) in [4.78, 5) is -0.00778. The van der Waals surface area contributed by atoms with Crippen molar-refractivity contribution in [2.75, 3.05) is 13.1 Å². The predicted octanol–water partition coefficient (Wildman–Crippen LogP) is 2.60. The zero-order valence-corrected chi connectivity index (χ0v) is 11.6. The Morgan fingerprint density at radius 3 is 2.78 bits per heavy atom. The van der Waals surface area contributed by atoms with Crippen LogP contribution in [0.2, 0.25) is 0 Å². The zero-order valence-electron chi connectivity index (χ0n) is 10.1. The molecule has 1 fully saturated rings. The molecule has 1 aromatic rings. The molecule has 100 valence electrons. The molecule has 6 heteroatoms. The van der Waals surface area contributed by atoms with Crippen molar-refractivity contribution in [3.63, 3.8) is 0 Å². The van der Waals surface area contributed by atoms with Gasteiger partial charge < -0.3 is 0 Å². The van der Waals surface area contributed by atoms with Crippen LogP contribution in [0.1, 0.15) is 18.9 Å². The SMILES string of the molecule is CC1CCN(S(=O)(=O)c2cc(F)ccc2CCl)C1. The lowest BCUT2D eigenvalue weighted by molar-refractivity contribution is 0.463. The molecular weight excluding hydrogens is 277 g/mol. The molecule has 1 aromatic carbocycles. The number of hydrogen-bond acceptors (Lipinski definition) is 2. The molecule has 1 aliphatic rings. The second-order valence-electron chi connectivity index (χ2n) is 4.64. The zero-order chi connectivity index (χ0) is 13.3. The number of halogens is 2. The van der Waals surface area contributed by atoms with Crippen molar-refractivity contribution >= 4 is 21.6 Å². The van der Waals surface area contributed by atoms with Crippen LogP contribution in [0.3, 0.4) is 0 Å². The third kappa shape index (κ3) is 2.53. The second kappa shape index (κ2) is 5.15. The Labute approximate surface area is 112 Å². The van der Waals surface area contributed by atoms with Gasteiger partial charge >= 0.3 is 0 Å². The van der Waals surface area contributed by atoms with Crippen LogP contribution in [-0.4, -0.2) is 25.8 Å². The Hall–Kier alpha value is -0.650. The van der Waals surface area contributed by atoms with E-state index in [0.29, 0.717) is 24.6 Å². The molecule has 0 aliphatic carbocycles. The Morgan fingerprint density at radius 1 is 1.50 bits per heavy atom. The first-order valence-electron chi connectivity index (χ1n) is 5.79. The molecule has 1 aliphatic heterocycles. The fraction of sp³-hybridized carbons (Fsp3) is 0.500. The average molecular weight is 292 g/mol. The average Bonchev–Trinajstić information content (AvgIpc) is 2.76. The van der Waals surface area contributed by atoms with Crippen molar-refractivity contribution in [2.45, 2.75) is 24.1 Å². The summed E-state index contributed by atoms with van der Waals surface area (Å²) in [7, 11) is -3.63. The number of sulfonamides is 1. The molecule has 1 atom stereocenters. The van der Waals surface area contributed by atoms with Gasteiger partial charge in [0.15, 0.2) is 0 Å². The second-order valence-corrected chi connectivity index (χ2v) is 6.82. The third-order valence-electron chi connectivity index (χ3n) is 3.18. The minimum atomic E-state index is -3.63. The Kier molecular flexibility index (Phi) is 3.94. The van der Waals surface area contributed by atoms with Gasteiger partial charge in [-0.15, -0.1) is 11.6 Å². The van der Waals surface area contributed by atoms with E-state index in [0.717, 1.165) is 12.5 Å². The third-order valence-corrected chi connectivity index (χ3v) is 5.41. The van der Waals surface area contributed by atoms with Gasteiger partial charge in [0.1, 0.15) is 5.82 Å². The summed E-state index contributed by atoms with van der Waals surface area (Å²) < 4.78 is 39.5. The van der Waals surface area contributed by atoms with Gasteiger partial charge in [-0.3, -0.25) is 0 Å². The molecule has 3 nitrogen and oxygen atoms in total. The van der Waals surface area contributed by atoms with E-state index in [1.165, 1.54) is 16.4 Å². The van der Waals surface area contributed by atoms with E-state index >= 15 is 0 Å². The smallest absolute Gasteiger partial charge is 0.207 e. The van der Waals surface area contributed by atoms with E-state index in [-0.39, 0.29) is 10.8 Å². The van der Waals surface area contributed by atoms with Crippen molar-refractivity contribution in [1.29, 1.82) is 0 Å². The first-order valence-corrected chi connectivity index (χ1v) is 7.77. The highest BCUT2D eigenvalue weighted by atomic mass is 35.5. The highest BCUT2D eigenvalue weighted by Gasteiger charge is 2.32. The van der Waals surface area contributed by atoms with Gasteiger partial charge in [-0.25, -0.2) is 12.8 Å². The van der Waals surface area contributed by atoms with Crippen molar-refractivity contribution in [1.82, 2.24) is 4.31 Å². The number of alkyl halides is 1. The summed E-state index contributed by atoms with van der Waals surface area (Å²) in [6.07, 6.45) is 0.838. The van der Waals surface area contributed by atoms with E-state index < -0.39 is 15.8 Å². The molecule has 0 N–H and O–H groups in total. The molecule has 2 rings (SSSR count). The predicted molar refractivity (Wildman–Crippen MR) is 68.5 cm³/mol. The number of hydrogen-bond donors (Lipinski definition) is 0. The van der Waals surface area contributed by atoms with E-state index in [1.54, 1.807) is 0 Å². The molecule has 0 radical (unpaired) electrons. The van der Waals surface area contributed by atoms with Crippen LogP contribution in [0.4, 0.5) is 4.39 Å². The van der Waals surface area contributed by atoms with Crippen LogP contribution in [0.5, 0.6) is 0 Å². The van der Waals surface area contributed by atoms with Gasteiger partial charge in [0.05, 0.1) is 4.90 Å². The van der Waals surface area contributed by atoms with E-state index in [1.807, 2.05) is 6.92 Å². The highest BCUT2D eigenvalue weighted by molar-refractivity contribution is 7.89. The van der Waals surface area contributed by atoms with Crippen molar-refractivity contribution in [3.8, 4) is 0 Å². The molecule has 0 aromatic heterocycles. The van der Waals surface area contributed by atoms with Gasteiger partial charge in [-0.05, 0) is 30.0 Å².